The Morgan fingerprint density at radius 1 is 0.199 bits per heavy atom. The summed E-state index contributed by atoms with van der Waals surface area (Å²) in [7, 11) is 0. The Bertz CT molecular complexity index is 5260. The third-order valence-corrected chi connectivity index (χ3v) is 18.8. The van der Waals surface area contributed by atoms with Crippen LogP contribution in [0.5, 0.6) is 0 Å². The number of aryl methyl sites for hydroxylation is 16. The molecule has 0 N–H and O–H groups in total. The molecule has 0 aliphatic heterocycles. The quantitative estimate of drug-likeness (QED) is 0.126. The van der Waals surface area contributed by atoms with Gasteiger partial charge in [-0.15, -0.1) is 86.2 Å². The number of hydrogen-bond donors (Lipinski definition) is 0. The van der Waals surface area contributed by atoms with Gasteiger partial charge in [0, 0.05) is 141 Å². The molecule has 0 bridgehead atoms. The molecule has 0 unspecified atom stereocenters. The first kappa shape index (κ1) is 147. The molecule has 0 amide bonds. The van der Waals surface area contributed by atoms with E-state index in [-0.39, 0.29) is 131 Å². The van der Waals surface area contributed by atoms with Crippen molar-refractivity contribution in [2.75, 3.05) is 0 Å². The predicted molar refractivity (Wildman–Crippen MR) is 607 cm³/mol. The third kappa shape index (κ3) is 55.5. The fraction of sp³-hybridized carbons (Fsp3) is 0.338. The maximum absolute atomic E-state index is 5.08. The van der Waals surface area contributed by atoms with Gasteiger partial charge in [-0.1, -0.05) is 352 Å². The van der Waals surface area contributed by atoms with Gasteiger partial charge in [0.15, 0.2) is 0 Å². The predicted octanol–water partition coefficient (Wildman–Crippen LogP) is 42.7. The number of benzene rings is 15. The van der Waals surface area contributed by atoms with Crippen LogP contribution in [0.4, 0.5) is 0 Å². The summed E-state index contributed by atoms with van der Waals surface area (Å²) in [6, 6.07) is 119. The zero-order chi connectivity index (χ0) is 102. The maximum atomic E-state index is 5.08. The molecule has 4 radical (unpaired) electrons. The molecule has 17 rings (SSSR count). The van der Waals surface area contributed by atoms with E-state index in [0.717, 1.165) is 67.2 Å². The second-order valence-corrected chi connectivity index (χ2v) is 28.6. The van der Waals surface area contributed by atoms with Crippen molar-refractivity contribution >= 4 is 65.2 Å². The van der Waals surface area contributed by atoms with Crippen LogP contribution < -0.4 is 0 Å². The minimum Gasteiger partial charge on any atom is -0.467 e. The van der Waals surface area contributed by atoms with E-state index < -0.39 is 0 Å². The molecule has 15 aromatic carbocycles. The molecular weight excluding hydrogens is 1970 g/mol. The standard InChI is InChI=1S/C18H14.C16H14.4C14H12.C6H8O.C6H8S.14C2H6.4Y/c1-11-3-5-13-8-10-16-12(2)4-6-14-7-9-15(11)17(13)18(14)16;1-11-7-8-15-13(9-11)10-12(2)14-5-3-4-6-16(14)15;1-11-3-7-13(8-4-11)14-9-5-12(2)6-10-14;2*1-11-5-3-7-13(9-11)14-8-4-6-12(2)10-14;1-11-6-8-13(9-7-11)14-5-3-4-12(2)10-14;2*1-5-3-4-6(2)7-5;14*1-2;;;;/h3-10H,1-2H3;3-10H,1-2H3;3-7,9H,1-2H3;3-6,9-10H,1-2H3;3-8H,1-2H3;3-4,6-8,10H,1-2H3;2*3-4H,1-2H3;14*1-2H3;;;;/q;;4*-2;;;;;;;;;;;;;;;;;;;;. The molecular formula is C130H176OSY4-8. The Kier molecular flexibility index (Phi) is 101. The summed E-state index contributed by atoms with van der Waals surface area (Å²) >= 11 is 1.84. The Hall–Kier alpha value is -6.74. The van der Waals surface area contributed by atoms with E-state index >= 15 is 0 Å². The SMILES string of the molecule is CC.CC.CC.CC.CC.CC.CC.CC.CC.CC.CC.CC.CC.CC.Cc1[c-]c(-c2[c-]c(C)ccc2)ccc1.Cc1c[c-]c(-c2[c-]cc(C)cc2)cc1.Cc1c[c-]c(-c2[c-]ccc(C)c2)cc1.Cc1cc[c-]c(-c2[c-]ccc(C)c2)c1.Cc1ccc(C)o1.Cc1ccc(C)s1.Cc1ccc2c(c1)cc(C)c1ccccc12.Cc1ccc2ccc3c(C)ccc4ccc1c2c43.[Y].[Y].[Y].[Y]. The van der Waals surface area contributed by atoms with Crippen molar-refractivity contribution in [2.24, 2.45) is 0 Å². The third-order valence-electron chi connectivity index (χ3n) is 17.9. The summed E-state index contributed by atoms with van der Waals surface area (Å²) in [5, 5.41) is 13.7. The molecule has 0 fully saturated rings. The molecule has 6 heteroatoms. The molecule has 0 atom stereocenters. The fourth-order valence-corrected chi connectivity index (χ4v) is 13.1. The van der Waals surface area contributed by atoms with Gasteiger partial charge >= 0.3 is 0 Å². The molecule has 17 aromatic rings. The summed E-state index contributed by atoms with van der Waals surface area (Å²) in [5.41, 5.74) is 24.1. The average Bonchev–Trinajstić information content (AvgIpc) is 0.810. The van der Waals surface area contributed by atoms with E-state index in [2.05, 4.69) is 364 Å². The number of hydrogen-bond acceptors (Lipinski definition) is 2. The first-order valence-corrected chi connectivity index (χ1v) is 50.4. The summed E-state index contributed by atoms with van der Waals surface area (Å²) in [5.74, 6) is 1.97. The number of rotatable bonds is 4. The average molecular weight is 2140 g/mol. The van der Waals surface area contributed by atoms with Crippen molar-refractivity contribution in [2.45, 2.75) is 305 Å². The second kappa shape index (κ2) is 93.2. The minimum atomic E-state index is 0. The van der Waals surface area contributed by atoms with Crippen LogP contribution in [0, 0.1) is 159 Å². The first-order valence-electron chi connectivity index (χ1n) is 49.6. The number of fused-ring (bicyclic) bond motifs is 3. The fourth-order valence-electron chi connectivity index (χ4n) is 12.3. The minimum absolute atomic E-state index is 0. The van der Waals surface area contributed by atoms with Gasteiger partial charge in [0.2, 0.25) is 0 Å². The van der Waals surface area contributed by atoms with E-state index in [4.69, 9.17) is 4.42 Å². The van der Waals surface area contributed by atoms with Crippen molar-refractivity contribution in [1.82, 2.24) is 0 Å². The van der Waals surface area contributed by atoms with Gasteiger partial charge in [0.1, 0.15) is 11.5 Å². The van der Waals surface area contributed by atoms with E-state index in [1.165, 1.54) is 119 Å². The van der Waals surface area contributed by atoms with Crippen LogP contribution in [-0.4, -0.2) is 0 Å². The largest absolute Gasteiger partial charge is 0.467 e. The van der Waals surface area contributed by atoms with Crippen LogP contribution >= 0.6 is 11.3 Å². The smallest absolute Gasteiger partial charge is 0.101 e. The molecule has 0 aliphatic rings. The van der Waals surface area contributed by atoms with Crippen LogP contribution in [-0.2, 0) is 131 Å². The van der Waals surface area contributed by atoms with Gasteiger partial charge in [-0.3, -0.25) is 0 Å². The summed E-state index contributed by atoms with van der Waals surface area (Å²) < 4.78 is 5.08. The van der Waals surface area contributed by atoms with Gasteiger partial charge < -0.3 is 4.42 Å². The van der Waals surface area contributed by atoms with Crippen LogP contribution in [0.1, 0.15) is 282 Å². The van der Waals surface area contributed by atoms with Crippen molar-refractivity contribution in [3.05, 3.63) is 403 Å². The Morgan fingerprint density at radius 2 is 0.493 bits per heavy atom. The van der Waals surface area contributed by atoms with Crippen LogP contribution in [0.2, 0.25) is 0 Å². The van der Waals surface area contributed by atoms with Crippen molar-refractivity contribution in [3.63, 3.8) is 0 Å². The van der Waals surface area contributed by atoms with Crippen LogP contribution in [0.3, 0.4) is 0 Å². The normalized spacial score (nSPS) is 8.65. The van der Waals surface area contributed by atoms with Gasteiger partial charge in [-0.2, -0.15) is 164 Å². The van der Waals surface area contributed by atoms with Crippen molar-refractivity contribution in [3.8, 4) is 44.5 Å². The molecule has 0 aliphatic carbocycles. The topological polar surface area (TPSA) is 13.1 Å². The first-order chi connectivity index (χ1) is 64.1. The summed E-state index contributed by atoms with van der Waals surface area (Å²) in [4.78, 5) is 2.80. The molecule has 0 spiro atoms. The van der Waals surface area contributed by atoms with E-state index in [0.29, 0.717) is 0 Å². The Labute approximate surface area is 942 Å². The summed E-state index contributed by atoms with van der Waals surface area (Å²) in [6.45, 7) is 89.4. The van der Waals surface area contributed by atoms with Crippen LogP contribution in [0.15, 0.2) is 271 Å². The van der Waals surface area contributed by atoms with Crippen molar-refractivity contribution < 1.29 is 135 Å². The van der Waals surface area contributed by atoms with Gasteiger partial charge in [-0.05, 0) is 150 Å². The number of thiophene rings is 1. The van der Waals surface area contributed by atoms with Gasteiger partial charge in [0.25, 0.3) is 0 Å². The van der Waals surface area contributed by atoms with Gasteiger partial charge in [0.05, 0.1) is 0 Å². The maximum Gasteiger partial charge on any atom is 0.101 e. The summed E-state index contributed by atoms with van der Waals surface area (Å²) in [6.07, 6.45) is 0. The van der Waals surface area contributed by atoms with E-state index in [9.17, 15) is 0 Å². The van der Waals surface area contributed by atoms with E-state index in [1.807, 2.05) is 268 Å². The molecule has 1 nitrogen and oxygen atoms in total. The molecule has 2 aromatic heterocycles. The molecule has 0 saturated heterocycles. The Balaban J connectivity index is -0.000000187. The molecule has 0 saturated carbocycles. The zero-order valence-corrected chi connectivity index (χ0v) is 106. The zero-order valence-electron chi connectivity index (χ0n) is 93.5. The van der Waals surface area contributed by atoms with Crippen LogP contribution in [0.25, 0.3) is 98.4 Å². The van der Waals surface area contributed by atoms with E-state index in [1.54, 1.807) is 0 Å². The van der Waals surface area contributed by atoms with Gasteiger partial charge in [-0.25, -0.2) is 44.5 Å². The Morgan fingerprint density at radius 3 is 0.779 bits per heavy atom. The van der Waals surface area contributed by atoms with Crippen molar-refractivity contribution in [1.29, 1.82) is 0 Å². The number of furan rings is 1. The monoisotopic (exact) mass is 2140 g/mol. The molecule has 2 heterocycles. The molecule has 728 valence electrons. The second-order valence-electron chi connectivity index (χ2n) is 27.1. The molecule has 136 heavy (non-hydrogen) atoms.